The summed E-state index contributed by atoms with van der Waals surface area (Å²) in [5.74, 6) is 1.50. The molecule has 0 aromatic carbocycles. The van der Waals surface area contributed by atoms with Crippen molar-refractivity contribution in [3.8, 4) is 0 Å². The van der Waals surface area contributed by atoms with Crippen molar-refractivity contribution in [1.29, 1.82) is 0 Å². The Morgan fingerprint density at radius 3 is 3.00 bits per heavy atom. The lowest BCUT2D eigenvalue weighted by Crippen LogP contribution is -2.38. The lowest BCUT2D eigenvalue weighted by molar-refractivity contribution is -0.133. The highest BCUT2D eigenvalue weighted by molar-refractivity contribution is 5.78. The third-order valence-corrected chi connectivity index (χ3v) is 4.55. The molecule has 3 unspecified atom stereocenters. The summed E-state index contributed by atoms with van der Waals surface area (Å²) in [6.45, 7) is 7.63. The molecule has 4 atom stereocenters. The highest BCUT2D eigenvalue weighted by atomic mass is 16.5. The minimum atomic E-state index is 0.343. The van der Waals surface area contributed by atoms with Gasteiger partial charge in [-0.05, 0) is 43.6 Å². The van der Waals surface area contributed by atoms with Crippen LogP contribution < -0.4 is 0 Å². The first-order valence-corrected chi connectivity index (χ1v) is 6.73. The van der Waals surface area contributed by atoms with Crippen molar-refractivity contribution in [2.75, 3.05) is 13.2 Å². The Balaban J connectivity index is 1.61. The van der Waals surface area contributed by atoms with Crippen LogP contribution in [0.3, 0.4) is 0 Å². The monoisotopic (exact) mass is 235 g/mol. The van der Waals surface area contributed by atoms with Crippen LogP contribution in [-0.4, -0.2) is 36.1 Å². The van der Waals surface area contributed by atoms with E-state index in [1.807, 2.05) is 0 Å². The quantitative estimate of drug-likeness (QED) is 0.685. The van der Waals surface area contributed by atoms with E-state index >= 15 is 0 Å². The zero-order chi connectivity index (χ0) is 12.0. The molecule has 2 aliphatic heterocycles. The molecule has 0 aromatic rings. The summed E-state index contributed by atoms with van der Waals surface area (Å²) in [6.07, 6.45) is 4.06. The minimum absolute atomic E-state index is 0.343. The summed E-state index contributed by atoms with van der Waals surface area (Å²) < 4.78 is 5.35. The maximum atomic E-state index is 12.4. The standard InChI is InChI=1S/C14H21NO2/c1-9-8-17-4-3-11(9)7-14(16)15-10(2)5-12-6-13(12)15/h10-13H,1,3-8H2,2H3/t10-,11?,12?,13?/m1/s1. The molecule has 3 nitrogen and oxygen atoms in total. The molecule has 1 saturated carbocycles. The molecule has 0 bridgehead atoms. The predicted molar refractivity (Wildman–Crippen MR) is 65.5 cm³/mol. The average molecular weight is 235 g/mol. The molecule has 0 spiro atoms. The number of fused-ring (bicyclic) bond motifs is 1. The van der Waals surface area contributed by atoms with Crippen LogP contribution in [0, 0.1) is 11.8 Å². The van der Waals surface area contributed by atoms with Crippen molar-refractivity contribution in [2.24, 2.45) is 11.8 Å². The van der Waals surface area contributed by atoms with Crippen molar-refractivity contribution in [3.05, 3.63) is 12.2 Å². The van der Waals surface area contributed by atoms with Gasteiger partial charge in [0.15, 0.2) is 0 Å². The van der Waals surface area contributed by atoms with E-state index in [0.717, 1.165) is 24.5 Å². The van der Waals surface area contributed by atoms with Gasteiger partial charge in [0.2, 0.25) is 5.91 Å². The van der Waals surface area contributed by atoms with Crippen molar-refractivity contribution in [2.45, 2.75) is 44.7 Å². The number of hydrogen-bond acceptors (Lipinski definition) is 2. The summed E-state index contributed by atoms with van der Waals surface area (Å²) in [4.78, 5) is 14.5. The summed E-state index contributed by atoms with van der Waals surface area (Å²) in [5.41, 5.74) is 1.10. The van der Waals surface area contributed by atoms with Gasteiger partial charge in [-0.25, -0.2) is 0 Å². The van der Waals surface area contributed by atoms with E-state index in [1.165, 1.54) is 12.8 Å². The number of carbonyl (C=O) groups excluding carboxylic acids is 1. The normalized spacial score (nSPS) is 40.3. The van der Waals surface area contributed by atoms with E-state index in [4.69, 9.17) is 4.74 Å². The van der Waals surface area contributed by atoms with Crippen LogP contribution in [0.15, 0.2) is 12.2 Å². The summed E-state index contributed by atoms with van der Waals surface area (Å²) in [5, 5.41) is 0. The lowest BCUT2D eigenvalue weighted by atomic mass is 9.91. The van der Waals surface area contributed by atoms with Gasteiger partial charge >= 0.3 is 0 Å². The molecule has 3 aliphatic rings. The molecule has 1 amide bonds. The maximum Gasteiger partial charge on any atom is 0.223 e. The Bertz CT molecular complexity index is 350. The predicted octanol–water partition coefficient (Wildman–Crippen LogP) is 1.98. The van der Waals surface area contributed by atoms with Gasteiger partial charge in [-0.2, -0.15) is 0 Å². The van der Waals surface area contributed by atoms with Gasteiger partial charge in [0, 0.05) is 25.1 Å². The van der Waals surface area contributed by atoms with E-state index in [9.17, 15) is 4.79 Å². The lowest BCUT2D eigenvalue weighted by Gasteiger charge is -2.29. The van der Waals surface area contributed by atoms with E-state index in [-0.39, 0.29) is 0 Å². The minimum Gasteiger partial charge on any atom is -0.377 e. The molecule has 1 aliphatic carbocycles. The highest BCUT2D eigenvalue weighted by Gasteiger charge is 2.52. The van der Waals surface area contributed by atoms with Crippen molar-refractivity contribution in [1.82, 2.24) is 4.90 Å². The number of piperidine rings is 1. The smallest absolute Gasteiger partial charge is 0.223 e. The number of amides is 1. The number of hydrogen-bond donors (Lipinski definition) is 0. The number of likely N-dealkylation sites (tertiary alicyclic amines) is 1. The van der Waals surface area contributed by atoms with Crippen molar-refractivity contribution in [3.63, 3.8) is 0 Å². The molecule has 94 valence electrons. The van der Waals surface area contributed by atoms with Gasteiger partial charge in [0.25, 0.3) is 0 Å². The van der Waals surface area contributed by atoms with Gasteiger partial charge in [0.1, 0.15) is 0 Å². The second kappa shape index (κ2) is 4.13. The Morgan fingerprint density at radius 1 is 1.53 bits per heavy atom. The van der Waals surface area contributed by atoms with E-state index < -0.39 is 0 Å². The number of carbonyl (C=O) groups is 1. The zero-order valence-electron chi connectivity index (χ0n) is 10.5. The average Bonchev–Trinajstić information content (AvgIpc) is 2.94. The molecule has 3 fully saturated rings. The van der Waals surface area contributed by atoms with Crippen LogP contribution in [0.2, 0.25) is 0 Å². The highest BCUT2D eigenvalue weighted by Crippen LogP contribution is 2.48. The van der Waals surface area contributed by atoms with Gasteiger partial charge in [-0.15, -0.1) is 0 Å². The second-order valence-electron chi connectivity index (χ2n) is 5.85. The fraction of sp³-hybridized carbons (Fsp3) is 0.786. The van der Waals surface area contributed by atoms with Gasteiger partial charge in [-0.1, -0.05) is 6.58 Å². The summed E-state index contributed by atoms with van der Waals surface area (Å²) >= 11 is 0. The van der Waals surface area contributed by atoms with Crippen molar-refractivity contribution < 1.29 is 9.53 Å². The second-order valence-corrected chi connectivity index (χ2v) is 5.85. The number of nitrogens with zero attached hydrogens (tertiary/aromatic N) is 1. The van der Waals surface area contributed by atoms with Gasteiger partial charge < -0.3 is 9.64 Å². The van der Waals surface area contributed by atoms with Gasteiger partial charge in [0.05, 0.1) is 6.61 Å². The Kier molecular flexibility index (Phi) is 2.74. The molecule has 2 saturated heterocycles. The molecule has 0 aromatic heterocycles. The third-order valence-electron chi connectivity index (χ3n) is 4.55. The molecule has 3 heteroatoms. The van der Waals surface area contributed by atoms with Crippen LogP contribution in [0.4, 0.5) is 0 Å². The molecular formula is C14H21NO2. The Labute approximate surface area is 103 Å². The number of rotatable bonds is 2. The first-order chi connectivity index (χ1) is 8.16. The van der Waals surface area contributed by atoms with Crippen LogP contribution in [0.25, 0.3) is 0 Å². The van der Waals surface area contributed by atoms with Crippen LogP contribution in [0.1, 0.15) is 32.6 Å². The molecule has 2 heterocycles. The summed E-state index contributed by atoms with van der Waals surface area (Å²) in [6, 6.07) is 1.03. The molecule has 17 heavy (non-hydrogen) atoms. The Hall–Kier alpha value is -0.830. The summed E-state index contributed by atoms with van der Waals surface area (Å²) in [7, 11) is 0. The molecule has 0 N–H and O–H groups in total. The van der Waals surface area contributed by atoms with Crippen molar-refractivity contribution >= 4 is 5.91 Å². The molecule has 3 rings (SSSR count). The molecular weight excluding hydrogens is 214 g/mol. The third kappa shape index (κ3) is 2.01. The van der Waals surface area contributed by atoms with E-state index in [0.29, 0.717) is 36.9 Å². The van der Waals surface area contributed by atoms with Crippen LogP contribution in [0.5, 0.6) is 0 Å². The first kappa shape index (κ1) is 11.3. The van der Waals surface area contributed by atoms with Gasteiger partial charge in [-0.3, -0.25) is 4.79 Å². The fourth-order valence-electron chi connectivity index (χ4n) is 3.45. The zero-order valence-corrected chi connectivity index (χ0v) is 10.5. The Morgan fingerprint density at radius 2 is 2.35 bits per heavy atom. The van der Waals surface area contributed by atoms with Crippen LogP contribution >= 0.6 is 0 Å². The largest absolute Gasteiger partial charge is 0.377 e. The SMILES string of the molecule is C=C1COCCC1CC(=O)N1C2CC2C[C@H]1C. The first-order valence-electron chi connectivity index (χ1n) is 6.73. The van der Waals surface area contributed by atoms with E-state index in [2.05, 4.69) is 18.4 Å². The van der Waals surface area contributed by atoms with E-state index in [1.54, 1.807) is 0 Å². The maximum absolute atomic E-state index is 12.4. The number of ether oxygens (including phenoxy) is 1. The topological polar surface area (TPSA) is 29.5 Å². The molecule has 0 radical (unpaired) electrons. The fourth-order valence-corrected chi connectivity index (χ4v) is 3.45. The van der Waals surface area contributed by atoms with Crippen LogP contribution in [-0.2, 0) is 9.53 Å².